The molecule has 0 saturated carbocycles. The van der Waals surface area contributed by atoms with E-state index >= 15 is 0 Å². The first-order valence-corrected chi connectivity index (χ1v) is 5.15. The summed E-state index contributed by atoms with van der Waals surface area (Å²) in [4.78, 5) is 7.74. The molecule has 5 nitrogen and oxygen atoms in total. The lowest BCUT2D eigenvalue weighted by molar-refractivity contribution is 0.587. The van der Waals surface area contributed by atoms with Crippen LogP contribution in [0, 0.1) is 11.6 Å². The normalized spacial score (nSPS) is 10.2. The minimum absolute atomic E-state index is 0.116. The predicted octanol–water partition coefficient (Wildman–Crippen LogP) is 1.65. The van der Waals surface area contributed by atoms with Gasteiger partial charge in [-0.05, 0) is 18.2 Å². The molecule has 4 N–H and O–H groups in total. The number of halogens is 2. The first kappa shape index (κ1) is 12.2. The zero-order valence-electron chi connectivity index (χ0n) is 9.32. The van der Waals surface area contributed by atoms with Gasteiger partial charge in [0, 0.05) is 18.2 Å². The molecule has 0 spiro atoms. The standard InChI is InChI=1S/C11H11F2N5/c12-8-1-2-9(13)7(3-8)5-15-10-4-11(18-14)17-6-16-10/h1-4,6H,5,14H2,(H2,15,16,17,18). The number of nitrogen functional groups attached to an aromatic ring is 1. The number of nitrogens with zero attached hydrogens (tertiary/aromatic N) is 2. The Balaban J connectivity index is 2.08. The largest absolute Gasteiger partial charge is 0.366 e. The van der Waals surface area contributed by atoms with E-state index in [1.54, 1.807) is 6.07 Å². The van der Waals surface area contributed by atoms with Gasteiger partial charge in [-0.3, -0.25) is 0 Å². The van der Waals surface area contributed by atoms with Crippen LogP contribution in [-0.4, -0.2) is 9.97 Å². The summed E-state index contributed by atoms with van der Waals surface area (Å²) in [6.45, 7) is 0.116. The maximum absolute atomic E-state index is 13.3. The first-order chi connectivity index (χ1) is 8.69. The van der Waals surface area contributed by atoms with Crippen LogP contribution in [0.25, 0.3) is 0 Å². The second kappa shape index (κ2) is 5.37. The molecule has 2 rings (SSSR count). The maximum atomic E-state index is 13.3. The molecule has 0 bridgehead atoms. The van der Waals surface area contributed by atoms with Crippen molar-refractivity contribution in [2.45, 2.75) is 6.54 Å². The number of nitrogens with two attached hydrogens (primary N) is 1. The SMILES string of the molecule is NNc1cc(NCc2cc(F)ccc2F)ncn1. The lowest BCUT2D eigenvalue weighted by atomic mass is 10.2. The molecule has 1 aromatic heterocycles. The second-order valence-electron chi connectivity index (χ2n) is 3.52. The number of nitrogens with one attached hydrogen (secondary N) is 2. The van der Waals surface area contributed by atoms with Crippen molar-refractivity contribution in [1.29, 1.82) is 0 Å². The summed E-state index contributed by atoms with van der Waals surface area (Å²) in [5, 5.41) is 2.85. The summed E-state index contributed by atoms with van der Waals surface area (Å²) in [5.74, 6) is 5.11. The number of rotatable bonds is 4. The van der Waals surface area contributed by atoms with Crippen molar-refractivity contribution >= 4 is 11.6 Å². The van der Waals surface area contributed by atoms with Crippen LogP contribution in [-0.2, 0) is 6.54 Å². The number of benzene rings is 1. The monoisotopic (exact) mass is 251 g/mol. The third-order valence-corrected chi connectivity index (χ3v) is 2.28. The number of aromatic nitrogens is 2. The van der Waals surface area contributed by atoms with Gasteiger partial charge in [0.1, 0.15) is 29.6 Å². The highest BCUT2D eigenvalue weighted by molar-refractivity contribution is 5.45. The van der Waals surface area contributed by atoms with Gasteiger partial charge >= 0.3 is 0 Å². The Labute approximate surface area is 102 Å². The summed E-state index contributed by atoms with van der Waals surface area (Å²) in [6.07, 6.45) is 1.31. The minimum atomic E-state index is -0.486. The molecule has 0 saturated heterocycles. The first-order valence-electron chi connectivity index (χ1n) is 5.15. The van der Waals surface area contributed by atoms with E-state index in [9.17, 15) is 8.78 Å². The van der Waals surface area contributed by atoms with Crippen molar-refractivity contribution in [3.8, 4) is 0 Å². The fraction of sp³-hybridized carbons (Fsp3) is 0.0909. The number of hydrazine groups is 1. The maximum Gasteiger partial charge on any atom is 0.145 e. The summed E-state index contributed by atoms with van der Waals surface area (Å²) in [7, 11) is 0. The van der Waals surface area contributed by atoms with Crippen molar-refractivity contribution in [1.82, 2.24) is 9.97 Å². The van der Waals surface area contributed by atoms with Gasteiger partial charge in [-0.2, -0.15) is 0 Å². The van der Waals surface area contributed by atoms with E-state index < -0.39 is 11.6 Å². The highest BCUT2D eigenvalue weighted by Gasteiger charge is 2.04. The highest BCUT2D eigenvalue weighted by Crippen LogP contribution is 2.13. The Morgan fingerprint density at radius 3 is 2.67 bits per heavy atom. The van der Waals surface area contributed by atoms with Crippen molar-refractivity contribution in [3.63, 3.8) is 0 Å². The molecule has 94 valence electrons. The fourth-order valence-corrected chi connectivity index (χ4v) is 1.40. The molecule has 0 atom stereocenters. The summed E-state index contributed by atoms with van der Waals surface area (Å²) in [5.41, 5.74) is 2.58. The predicted molar refractivity (Wildman–Crippen MR) is 63.5 cm³/mol. The summed E-state index contributed by atoms with van der Waals surface area (Å²) >= 11 is 0. The van der Waals surface area contributed by atoms with Crippen LogP contribution in [0.15, 0.2) is 30.6 Å². The molecule has 0 aliphatic rings. The Kier molecular flexibility index (Phi) is 3.63. The quantitative estimate of drug-likeness (QED) is 0.569. The van der Waals surface area contributed by atoms with Crippen molar-refractivity contribution < 1.29 is 8.78 Å². The topological polar surface area (TPSA) is 75.9 Å². The van der Waals surface area contributed by atoms with E-state index in [-0.39, 0.29) is 12.1 Å². The van der Waals surface area contributed by atoms with Crippen molar-refractivity contribution in [2.24, 2.45) is 5.84 Å². The lowest BCUT2D eigenvalue weighted by Crippen LogP contribution is -2.10. The smallest absolute Gasteiger partial charge is 0.145 e. The van der Waals surface area contributed by atoms with Crippen LogP contribution in [0.5, 0.6) is 0 Å². The van der Waals surface area contributed by atoms with Crippen molar-refractivity contribution in [2.75, 3.05) is 10.7 Å². The molecule has 2 aromatic rings. The van der Waals surface area contributed by atoms with Gasteiger partial charge in [0.05, 0.1) is 0 Å². The molecule has 0 radical (unpaired) electrons. The highest BCUT2D eigenvalue weighted by atomic mass is 19.1. The fourth-order valence-electron chi connectivity index (χ4n) is 1.40. The van der Waals surface area contributed by atoms with E-state index in [1.165, 1.54) is 6.33 Å². The zero-order valence-corrected chi connectivity index (χ0v) is 9.32. The van der Waals surface area contributed by atoms with Gasteiger partial charge in [0.15, 0.2) is 0 Å². The van der Waals surface area contributed by atoms with E-state index in [2.05, 4.69) is 20.7 Å². The van der Waals surface area contributed by atoms with Gasteiger partial charge < -0.3 is 10.7 Å². The summed E-state index contributed by atoms with van der Waals surface area (Å²) in [6, 6.07) is 4.84. The number of anilines is 2. The van der Waals surface area contributed by atoms with Crippen LogP contribution in [0.2, 0.25) is 0 Å². The third kappa shape index (κ3) is 2.89. The number of hydrogen-bond acceptors (Lipinski definition) is 5. The molecule has 0 aliphatic heterocycles. The van der Waals surface area contributed by atoms with Gasteiger partial charge in [0.2, 0.25) is 0 Å². The van der Waals surface area contributed by atoms with Crippen LogP contribution in [0.1, 0.15) is 5.56 Å². The molecule has 0 fully saturated rings. The third-order valence-electron chi connectivity index (χ3n) is 2.28. The Morgan fingerprint density at radius 2 is 1.89 bits per heavy atom. The van der Waals surface area contributed by atoms with E-state index in [4.69, 9.17) is 5.84 Å². The van der Waals surface area contributed by atoms with Gasteiger partial charge in [-0.25, -0.2) is 24.6 Å². The van der Waals surface area contributed by atoms with E-state index in [0.717, 1.165) is 18.2 Å². The average Bonchev–Trinajstić information content (AvgIpc) is 2.40. The lowest BCUT2D eigenvalue weighted by Gasteiger charge is -2.07. The van der Waals surface area contributed by atoms with Gasteiger partial charge in [-0.1, -0.05) is 0 Å². The molecular formula is C11H11F2N5. The zero-order chi connectivity index (χ0) is 13.0. The van der Waals surface area contributed by atoms with Gasteiger partial charge in [-0.15, -0.1) is 0 Å². The summed E-state index contributed by atoms with van der Waals surface area (Å²) < 4.78 is 26.3. The molecular weight excluding hydrogens is 240 g/mol. The molecule has 0 unspecified atom stereocenters. The Bertz CT molecular complexity index is 547. The second-order valence-corrected chi connectivity index (χ2v) is 3.52. The molecule has 18 heavy (non-hydrogen) atoms. The molecule has 1 heterocycles. The van der Waals surface area contributed by atoms with Crippen LogP contribution in [0.3, 0.4) is 0 Å². The van der Waals surface area contributed by atoms with Crippen LogP contribution >= 0.6 is 0 Å². The Hall–Kier alpha value is -2.28. The van der Waals surface area contributed by atoms with Gasteiger partial charge in [0.25, 0.3) is 0 Å². The minimum Gasteiger partial charge on any atom is -0.366 e. The van der Waals surface area contributed by atoms with Crippen molar-refractivity contribution in [3.05, 3.63) is 47.8 Å². The molecule has 0 amide bonds. The number of hydrogen-bond donors (Lipinski definition) is 3. The molecule has 1 aromatic carbocycles. The van der Waals surface area contributed by atoms with Crippen LogP contribution < -0.4 is 16.6 Å². The van der Waals surface area contributed by atoms with E-state index in [0.29, 0.717) is 11.6 Å². The van der Waals surface area contributed by atoms with Crippen LogP contribution in [0.4, 0.5) is 20.4 Å². The molecule has 7 heteroatoms. The Morgan fingerprint density at radius 1 is 1.11 bits per heavy atom. The van der Waals surface area contributed by atoms with E-state index in [1.807, 2.05) is 0 Å². The molecule has 0 aliphatic carbocycles. The average molecular weight is 251 g/mol.